The lowest BCUT2D eigenvalue weighted by Crippen LogP contribution is -2.29. The van der Waals surface area contributed by atoms with Crippen LogP contribution in [0.1, 0.15) is 11.4 Å². The molecule has 0 aliphatic rings. The molecule has 5 nitrogen and oxygen atoms in total. The molecule has 0 saturated heterocycles. The molecule has 0 radical (unpaired) electrons. The molecule has 0 fully saturated rings. The summed E-state index contributed by atoms with van der Waals surface area (Å²) in [5.41, 5.74) is 2.00. The zero-order valence-electron chi connectivity index (χ0n) is 12.2. The number of nitrogens with zero attached hydrogens (tertiary/aromatic N) is 1. The van der Waals surface area contributed by atoms with Crippen LogP contribution in [0.2, 0.25) is 0 Å². The topological polar surface area (TPSA) is 67.0 Å². The van der Waals surface area contributed by atoms with Crippen molar-refractivity contribution in [3.63, 3.8) is 0 Å². The average molecular weight is 305 g/mol. The van der Waals surface area contributed by atoms with Crippen molar-refractivity contribution in [2.24, 2.45) is 0 Å². The van der Waals surface area contributed by atoms with Gasteiger partial charge in [-0.15, -0.1) is 0 Å². The Kier molecular flexibility index (Phi) is 5.68. The zero-order valence-corrected chi connectivity index (χ0v) is 13.0. The van der Waals surface area contributed by atoms with Gasteiger partial charge in [0, 0.05) is 5.69 Å². The number of hydrogen-bond donors (Lipinski definition) is 2. The molecule has 1 aromatic carbocycles. The number of aromatic nitrogens is 2. The minimum Gasteiger partial charge on any atom is -0.492 e. The number of nitrogens with one attached hydrogen (secondary N) is 2. The fourth-order valence-corrected chi connectivity index (χ4v) is 2.44. The van der Waals surface area contributed by atoms with Gasteiger partial charge in [-0.1, -0.05) is 30.0 Å². The van der Waals surface area contributed by atoms with Gasteiger partial charge in [-0.25, -0.2) is 4.98 Å². The van der Waals surface area contributed by atoms with Gasteiger partial charge in [-0.2, -0.15) is 0 Å². The van der Waals surface area contributed by atoms with Crippen LogP contribution in [0.15, 0.2) is 35.5 Å². The molecule has 0 unspecified atom stereocenters. The SMILES string of the molecule is Cc1nc(SCC(=O)NCCOc2ccccc2)[nH]c1C. The van der Waals surface area contributed by atoms with E-state index in [4.69, 9.17) is 4.74 Å². The molecular formula is C15H19N3O2S. The van der Waals surface area contributed by atoms with E-state index in [1.165, 1.54) is 11.8 Å². The molecule has 1 aromatic heterocycles. The van der Waals surface area contributed by atoms with Crippen molar-refractivity contribution in [2.75, 3.05) is 18.9 Å². The highest BCUT2D eigenvalue weighted by Crippen LogP contribution is 2.15. The van der Waals surface area contributed by atoms with Crippen molar-refractivity contribution in [1.82, 2.24) is 15.3 Å². The van der Waals surface area contributed by atoms with Crippen LogP contribution in [-0.2, 0) is 4.79 Å². The summed E-state index contributed by atoms with van der Waals surface area (Å²) < 4.78 is 5.50. The lowest BCUT2D eigenvalue weighted by molar-refractivity contribution is -0.118. The Morgan fingerprint density at radius 3 is 2.76 bits per heavy atom. The highest BCUT2D eigenvalue weighted by atomic mass is 32.2. The molecule has 2 aromatic rings. The predicted octanol–water partition coefficient (Wildman–Crippen LogP) is 2.31. The second-order valence-corrected chi connectivity index (χ2v) is 5.52. The number of hydrogen-bond acceptors (Lipinski definition) is 4. The number of aromatic amines is 1. The van der Waals surface area contributed by atoms with Gasteiger partial charge in [0.15, 0.2) is 5.16 Å². The summed E-state index contributed by atoms with van der Waals surface area (Å²) in [5.74, 6) is 1.13. The number of carbonyl (C=O) groups excluding carboxylic acids is 1. The summed E-state index contributed by atoms with van der Waals surface area (Å²) in [4.78, 5) is 19.1. The summed E-state index contributed by atoms with van der Waals surface area (Å²) in [6.45, 7) is 4.86. The normalized spacial score (nSPS) is 10.4. The first-order chi connectivity index (χ1) is 10.1. The summed E-state index contributed by atoms with van der Waals surface area (Å²) in [6, 6.07) is 9.54. The molecule has 1 amide bonds. The summed E-state index contributed by atoms with van der Waals surface area (Å²) in [6.07, 6.45) is 0. The predicted molar refractivity (Wildman–Crippen MR) is 83.7 cm³/mol. The minimum atomic E-state index is -0.0247. The van der Waals surface area contributed by atoms with Crippen LogP contribution in [-0.4, -0.2) is 34.8 Å². The molecule has 1 heterocycles. The summed E-state index contributed by atoms with van der Waals surface area (Å²) in [5, 5.41) is 3.60. The van der Waals surface area contributed by atoms with Gasteiger partial charge in [-0.3, -0.25) is 4.79 Å². The van der Waals surface area contributed by atoms with Crippen LogP contribution < -0.4 is 10.1 Å². The molecule has 0 spiro atoms. The Morgan fingerprint density at radius 1 is 1.33 bits per heavy atom. The Labute approximate surface area is 128 Å². The quantitative estimate of drug-likeness (QED) is 0.608. The van der Waals surface area contributed by atoms with Crippen LogP contribution >= 0.6 is 11.8 Å². The van der Waals surface area contributed by atoms with E-state index in [2.05, 4.69) is 15.3 Å². The number of benzene rings is 1. The van der Waals surface area contributed by atoms with Gasteiger partial charge in [-0.05, 0) is 26.0 Å². The first-order valence-corrected chi connectivity index (χ1v) is 7.74. The maximum atomic E-state index is 11.7. The maximum absolute atomic E-state index is 11.7. The van der Waals surface area contributed by atoms with E-state index in [1.54, 1.807) is 0 Å². The van der Waals surface area contributed by atoms with Crippen LogP contribution in [0.25, 0.3) is 0 Å². The molecule has 0 atom stereocenters. The Bertz CT molecular complexity index is 564. The molecule has 2 N–H and O–H groups in total. The average Bonchev–Trinajstić information content (AvgIpc) is 2.81. The third kappa shape index (κ3) is 5.15. The lowest BCUT2D eigenvalue weighted by Gasteiger charge is -2.07. The molecule has 6 heteroatoms. The van der Waals surface area contributed by atoms with Gasteiger partial charge in [0.1, 0.15) is 12.4 Å². The largest absolute Gasteiger partial charge is 0.492 e. The standard InChI is InChI=1S/C15H19N3O2S/c1-11-12(2)18-15(17-11)21-10-14(19)16-8-9-20-13-6-4-3-5-7-13/h3-7H,8-10H2,1-2H3,(H,16,19)(H,17,18). The lowest BCUT2D eigenvalue weighted by atomic mass is 10.3. The number of amides is 1. The van der Waals surface area contributed by atoms with E-state index in [-0.39, 0.29) is 5.91 Å². The zero-order chi connectivity index (χ0) is 15.1. The molecule has 0 bridgehead atoms. The number of H-pyrrole nitrogens is 1. The fourth-order valence-electron chi connectivity index (χ4n) is 1.64. The third-order valence-corrected chi connectivity index (χ3v) is 3.76. The van der Waals surface area contributed by atoms with Crippen LogP contribution in [0.3, 0.4) is 0 Å². The van der Waals surface area contributed by atoms with Gasteiger partial charge in [0.25, 0.3) is 0 Å². The summed E-state index contributed by atoms with van der Waals surface area (Å²) in [7, 11) is 0. The molecular weight excluding hydrogens is 286 g/mol. The number of aryl methyl sites for hydroxylation is 2. The molecule has 112 valence electrons. The monoisotopic (exact) mass is 305 g/mol. The van der Waals surface area contributed by atoms with Crippen LogP contribution in [0, 0.1) is 13.8 Å². The highest BCUT2D eigenvalue weighted by Gasteiger charge is 2.06. The maximum Gasteiger partial charge on any atom is 0.230 e. The second-order valence-electron chi connectivity index (χ2n) is 4.55. The van der Waals surface area contributed by atoms with E-state index < -0.39 is 0 Å². The van der Waals surface area contributed by atoms with Crippen molar-refractivity contribution < 1.29 is 9.53 Å². The smallest absolute Gasteiger partial charge is 0.230 e. The number of carbonyl (C=O) groups is 1. The van der Waals surface area contributed by atoms with Crippen molar-refractivity contribution in [1.29, 1.82) is 0 Å². The van der Waals surface area contributed by atoms with Crippen molar-refractivity contribution in [3.05, 3.63) is 41.7 Å². The molecule has 2 rings (SSSR count). The minimum absolute atomic E-state index is 0.0247. The van der Waals surface area contributed by atoms with Crippen LogP contribution in [0.5, 0.6) is 5.75 Å². The first kappa shape index (κ1) is 15.4. The number of ether oxygens (including phenoxy) is 1. The Hall–Kier alpha value is -1.95. The number of rotatable bonds is 7. The van der Waals surface area contributed by atoms with E-state index in [1.807, 2.05) is 44.2 Å². The van der Waals surface area contributed by atoms with Gasteiger partial charge < -0.3 is 15.0 Å². The van der Waals surface area contributed by atoms with E-state index >= 15 is 0 Å². The molecule has 0 saturated carbocycles. The van der Waals surface area contributed by atoms with Crippen molar-refractivity contribution in [3.8, 4) is 5.75 Å². The third-order valence-electron chi connectivity index (χ3n) is 2.88. The number of imidazole rings is 1. The molecule has 21 heavy (non-hydrogen) atoms. The Morgan fingerprint density at radius 2 is 2.10 bits per heavy atom. The van der Waals surface area contributed by atoms with Gasteiger partial charge in [0.2, 0.25) is 5.91 Å². The van der Waals surface area contributed by atoms with Crippen LogP contribution in [0.4, 0.5) is 0 Å². The van der Waals surface area contributed by atoms with Gasteiger partial charge >= 0.3 is 0 Å². The van der Waals surface area contributed by atoms with E-state index in [0.29, 0.717) is 18.9 Å². The van der Waals surface area contributed by atoms with Crippen molar-refractivity contribution in [2.45, 2.75) is 19.0 Å². The molecule has 0 aliphatic heterocycles. The molecule has 0 aliphatic carbocycles. The van der Waals surface area contributed by atoms with Crippen molar-refractivity contribution >= 4 is 17.7 Å². The summed E-state index contributed by atoms with van der Waals surface area (Å²) >= 11 is 1.40. The first-order valence-electron chi connectivity index (χ1n) is 6.75. The number of para-hydroxylation sites is 1. The van der Waals surface area contributed by atoms with E-state index in [9.17, 15) is 4.79 Å². The van der Waals surface area contributed by atoms with Gasteiger partial charge in [0.05, 0.1) is 18.0 Å². The highest BCUT2D eigenvalue weighted by molar-refractivity contribution is 7.99. The second kappa shape index (κ2) is 7.73. The number of thioether (sulfide) groups is 1. The fraction of sp³-hybridized carbons (Fsp3) is 0.333. The Balaban J connectivity index is 1.61. The van der Waals surface area contributed by atoms with E-state index in [0.717, 1.165) is 22.3 Å².